The minimum Gasteiger partial charge on any atom is -0.507 e. The molecule has 0 saturated carbocycles. The van der Waals surface area contributed by atoms with Gasteiger partial charge in [-0.1, -0.05) is 6.07 Å². The number of benzene rings is 2. The summed E-state index contributed by atoms with van der Waals surface area (Å²) in [5, 5.41) is 11.1. The molecule has 0 atom stereocenters. The molecule has 0 bridgehead atoms. The number of amides is 1. The minimum atomic E-state index is -0.367. The Morgan fingerprint density at radius 3 is 2.68 bits per heavy atom. The van der Waals surface area contributed by atoms with E-state index in [1.54, 1.807) is 47.5 Å². The van der Waals surface area contributed by atoms with Crippen LogP contribution in [-0.2, 0) is 4.74 Å². The van der Waals surface area contributed by atoms with Crippen LogP contribution in [0, 0.1) is 0 Å². The SMILES string of the molecule is COc1cc(O)c2c(=O)n(-c3cccc(C(=O)N4CCOCC4)c3)ccc2c1. The van der Waals surface area contributed by atoms with Gasteiger partial charge >= 0.3 is 0 Å². The summed E-state index contributed by atoms with van der Waals surface area (Å²) in [6.07, 6.45) is 1.63. The maximum absolute atomic E-state index is 13.0. The zero-order chi connectivity index (χ0) is 19.7. The van der Waals surface area contributed by atoms with Gasteiger partial charge in [0.2, 0.25) is 0 Å². The van der Waals surface area contributed by atoms with Crippen LogP contribution in [0.4, 0.5) is 0 Å². The van der Waals surface area contributed by atoms with E-state index in [0.717, 1.165) is 0 Å². The van der Waals surface area contributed by atoms with E-state index in [9.17, 15) is 14.7 Å². The molecule has 1 amide bonds. The molecule has 28 heavy (non-hydrogen) atoms. The fraction of sp³-hybridized carbons (Fsp3) is 0.238. The molecule has 0 spiro atoms. The second-order valence-electron chi connectivity index (χ2n) is 6.56. The van der Waals surface area contributed by atoms with Crippen LogP contribution in [0.2, 0.25) is 0 Å². The van der Waals surface area contributed by atoms with Gasteiger partial charge in [0, 0.05) is 36.6 Å². The maximum atomic E-state index is 13.0. The van der Waals surface area contributed by atoms with Crippen molar-refractivity contribution in [2.75, 3.05) is 33.4 Å². The Hall–Kier alpha value is -3.32. The highest BCUT2D eigenvalue weighted by Crippen LogP contribution is 2.28. The number of carbonyl (C=O) groups is 1. The zero-order valence-corrected chi connectivity index (χ0v) is 15.4. The van der Waals surface area contributed by atoms with Crippen molar-refractivity contribution < 1.29 is 19.4 Å². The zero-order valence-electron chi connectivity index (χ0n) is 15.4. The van der Waals surface area contributed by atoms with Gasteiger partial charge < -0.3 is 19.5 Å². The van der Waals surface area contributed by atoms with E-state index in [0.29, 0.717) is 48.7 Å². The van der Waals surface area contributed by atoms with Crippen LogP contribution in [0.3, 0.4) is 0 Å². The Morgan fingerprint density at radius 2 is 1.93 bits per heavy atom. The Labute approximate surface area is 161 Å². The molecule has 0 radical (unpaired) electrons. The summed E-state index contributed by atoms with van der Waals surface area (Å²) in [6, 6.07) is 11.7. The molecule has 7 heteroatoms. The molecule has 2 aromatic carbocycles. The summed E-state index contributed by atoms with van der Waals surface area (Å²) in [4.78, 5) is 27.5. The van der Waals surface area contributed by atoms with Gasteiger partial charge in [0.15, 0.2) is 0 Å². The molecule has 1 aromatic heterocycles. The van der Waals surface area contributed by atoms with Crippen molar-refractivity contribution in [3.63, 3.8) is 0 Å². The molecule has 1 fully saturated rings. The van der Waals surface area contributed by atoms with Gasteiger partial charge in [-0.2, -0.15) is 0 Å². The number of methoxy groups -OCH3 is 1. The molecule has 1 aliphatic heterocycles. The van der Waals surface area contributed by atoms with Crippen LogP contribution in [0.25, 0.3) is 16.5 Å². The van der Waals surface area contributed by atoms with E-state index in [2.05, 4.69) is 0 Å². The van der Waals surface area contributed by atoms with Gasteiger partial charge in [-0.15, -0.1) is 0 Å². The topological polar surface area (TPSA) is 81.0 Å². The number of phenolic OH excluding ortho intramolecular Hbond substituents is 1. The maximum Gasteiger partial charge on any atom is 0.266 e. The van der Waals surface area contributed by atoms with Crippen molar-refractivity contribution in [2.45, 2.75) is 0 Å². The molecule has 1 aliphatic rings. The van der Waals surface area contributed by atoms with Crippen LogP contribution in [0.15, 0.2) is 53.5 Å². The number of aromatic hydroxyl groups is 1. The number of pyridine rings is 1. The lowest BCUT2D eigenvalue weighted by molar-refractivity contribution is 0.0303. The Bertz CT molecular complexity index is 1100. The minimum absolute atomic E-state index is 0.0911. The average molecular weight is 380 g/mol. The number of nitrogens with zero attached hydrogens (tertiary/aromatic N) is 2. The van der Waals surface area contributed by atoms with Crippen molar-refractivity contribution in [3.05, 3.63) is 64.6 Å². The highest BCUT2D eigenvalue weighted by Gasteiger charge is 2.19. The van der Waals surface area contributed by atoms with E-state index in [1.807, 2.05) is 0 Å². The first-order valence-electron chi connectivity index (χ1n) is 8.98. The third-order valence-electron chi connectivity index (χ3n) is 4.86. The lowest BCUT2D eigenvalue weighted by Gasteiger charge is -2.27. The first-order chi connectivity index (χ1) is 13.6. The van der Waals surface area contributed by atoms with Gasteiger partial charge in [-0.25, -0.2) is 0 Å². The van der Waals surface area contributed by atoms with Crippen molar-refractivity contribution >= 4 is 16.7 Å². The Morgan fingerprint density at radius 1 is 1.14 bits per heavy atom. The van der Waals surface area contributed by atoms with Crippen LogP contribution in [-0.4, -0.2) is 53.9 Å². The number of morpholine rings is 1. The predicted molar refractivity (Wildman–Crippen MR) is 104 cm³/mol. The third-order valence-corrected chi connectivity index (χ3v) is 4.86. The summed E-state index contributed by atoms with van der Waals surface area (Å²) >= 11 is 0. The fourth-order valence-electron chi connectivity index (χ4n) is 3.39. The van der Waals surface area contributed by atoms with E-state index >= 15 is 0 Å². The largest absolute Gasteiger partial charge is 0.507 e. The average Bonchev–Trinajstić information content (AvgIpc) is 2.73. The first kappa shape index (κ1) is 18.1. The number of aromatic nitrogens is 1. The second-order valence-corrected chi connectivity index (χ2v) is 6.56. The van der Waals surface area contributed by atoms with Crippen molar-refractivity contribution in [1.29, 1.82) is 0 Å². The number of phenols is 1. The number of carbonyl (C=O) groups excluding carboxylic acids is 1. The molecule has 144 valence electrons. The Kier molecular flexibility index (Phi) is 4.75. The van der Waals surface area contributed by atoms with Gasteiger partial charge in [0.05, 0.1) is 25.7 Å². The lowest BCUT2D eigenvalue weighted by atomic mass is 10.1. The number of fused-ring (bicyclic) bond motifs is 1. The predicted octanol–water partition coefficient (Wildman–Crippen LogP) is 2.18. The summed E-state index contributed by atoms with van der Waals surface area (Å²) in [5.41, 5.74) is 0.695. The first-order valence-corrected chi connectivity index (χ1v) is 8.98. The second kappa shape index (κ2) is 7.36. The lowest BCUT2D eigenvalue weighted by Crippen LogP contribution is -2.40. The van der Waals surface area contributed by atoms with Gasteiger partial charge in [-0.3, -0.25) is 14.2 Å². The normalized spacial score (nSPS) is 14.2. The quantitative estimate of drug-likeness (QED) is 0.753. The monoisotopic (exact) mass is 380 g/mol. The highest BCUT2D eigenvalue weighted by atomic mass is 16.5. The molecule has 1 N–H and O–H groups in total. The number of ether oxygens (including phenoxy) is 2. The molecule has 0 unspecified atom stereocenters. The van der Waals surface area contributed by atoms with E-state index in [1.165, 1.54) is 17.7 Å². The van der Waals surface area contributed by atoms with Crippen LogP contribution in [0.5, 0.6) is 11.5 Å². The summed E-state index contributed by atoms with van der Waals surface area (Å²) in [5.74, 6) is 0.237. The fourth-order valence-corrected chi connectivity index (χ4v) is 3.39. The van der Waals surface area contributed by atoms with Crippen molar-refractivity contribution in [1.82, 2.24) is 9.47 Å². The van der Waals surface area contributed by atoms with E-state index in [-0.39, 0.29) is 22.6 Å². The van der Waals surface area contributed by atoms with Gasteiger partial charge in [0.25, 0.3) is 11.5 Å². The molecule has 0 aliphatic carbocycles. The van der Waals surface area contributed by atoms with E-state index in [4.69, 9.17) is 9.47 Å². The Balaban J connectivity index is 1.76. The number of rotatable bonds is 3. The van der Waals surface area contributed by atoms with Gasteiger partial charge in [0.1, 0.15) is 11.5 Å². The molecular formula is C21H20N2O5. The van der Waals surface area contributed by atoms with Crippen LogP contribution in [0.1, 0.15) is 10.4 Å². The molecule has 4 rings (SSSR count). The number of hydrogen-bond acceptors (Lipinski definition) is 5. The summed E-state index contributed by atoms with van der Waals surface area (Å²) in [6.45, 7) is 2.15. The van der Waals surface area contributed by atoms with Gasteiger partial charge in [-0.05, 0) is 35.7 Å². The highest BCUT2D eigenvalue weighted by molar-refractivity contribution is 5.95. The standard InChI is InChI=1S/C21H20N2O5/c1-27-17-12-14-5-6-23(21(26)19(14)18(24)13-17)16-4-2-3-15(11-16)20(25)22-7-9-28-10-8-22/h2-6,11-13,24H,7-10H2,1H3. The van der Waals surface area contributed by atoms with Crippen molar-refractivity contribution in [3.8, 4) is 17.2 Å². The smallest absolute Gasteiger partial charge is 0.266 e. The van der Waals surface area contributed by atoms with Crippen LogP contribution < -0.4 is 10.3 Å². The molecule has 3 aromatic rings. The molecule has 2 heterocycles. The molecular weight excluding hydrogens is 360 g/mol. The molecule has 1 saturated heterocycles. The number of hydrogen-bond donors (Lipinski definition) is 1. The third kappa shape index (κ3) is 3.20. The van der Waals surface area contributed by atoms with Crippen LogP contribution >= 0.6 is 0 Å². The van der Waals surface area contributed by atoms with Crippen molar-refractivity contribution in [2.24, 2.45) is 0 Å². The summed E-state index contributed by atoms with van der Waals surface area (Å²) < 4.78 is 11.9. The van der Waals surface area contributed by atoms with E-state index < -0.39 is 0 Å². The summed E-state index contributed by atoms with van der Waals surface area (Å²) in [7, 11) is 1.50. The molecule has 7 nitrogen and oxygen atoms in total.